The van der Waals surface area contributed by atoms with Crippen molar-refractivity contribution in [1.82, 2.24) is 0 Å². The average Bonchev–Trinajstić information content (AvgIpc) is 2.75. The smallest absolute Gasteiger partial charge is 0.131 e. The third kappa shape index (κ3) is 3.16. The Balaban J connectivity index is 1.60. The molecular formula is C26H26O. The monoisotopic (exact) mass is 354 g/mol. The van der Waals surface area contributed by atoms with Crippen molar-refractivity contribution in [2.75, 3.05) is 0 Å². The second-order valence-electron chi connectivity index (χ2n) is 7.89. The van der Waals surface area contributed by atoms with E-state index in [-0.39, 0.29) is 6.10 Å². The molecule has 1 nitrogen and oxygen atoms in total. The molecule has 2 aromatic carbocycles. The van der Waals surface area contributed by atoms with Crippen LogP contribution in [0.3, 0.4) is 0 Å². The predicted molar refractivity (Wildman–Crippen MR) is 111 cm³/mol. The Morgan fingerprint density at radius 3 is 2.44 bits per heavy atom. The Morgan fingerprint density at radius 1 is 0.852 bits per heavy atom. The van der Waals surface area contributed by atoms with E-state index in [0.29, 0.717) is 5.92 Å². The first kappa shape index (κ1) is 16.6. The molecule has 0 radical (unpaired) electrons. The normalized spacial score (nSPS) is 26.1. The van der Waals surface area contributed by atoms with Crippen LogP contribution in [0.2, 0.25) is 0 Å². The molecule has 0 fully saturated rings. The summed E-state index contributed by atoms with van der Waals surface area (Å²) in [5.41, 5.74) is 7.01. The van der Waals surface area contributed by atoms with E-state index in [4.69, 9.17) is 4.74 Å². The molecule has 0 saturated carbocycles. The molecule has 1 heterocycles. The SMILES string of the molecule is C1=C2C3=C(O[C@@H](c4ccccc4)[C@H]2CCC1)/C(=C/c1ccccc1)CCC3. The lowest BCUT2D eigenvalue weighted by Crippen LogP contribution is -2.28. The third-order valence-corrected chi connectivity index (χ3v) is 6.15. The maximum absolute atomic E-state index is 6.80. The van der Waals surface area contributed by atoms with Crippen LogP contribution in [0, 0.1) is 5.92 Å². The molecule has 0 saturated heterocycles. The quantitative estimate of drug-likeness (QED) is 0.564. The lowest BCUT2D eigenvalue weighted by atomic mass is 9.73. The van der Waals surface area contributed by atoms with Crippen LogP contribution in [0.15, 0.2) is 89.2 Å². The minimum absolute atomic E-state index is 0.147. The molecule has 27 heavy (non-hydrogen) atoms. The minimum atomic E-state index is 0.147. The summed E-state index contributed by atoms with van der Waals surface area (Å²) in [5, 5.41) is 0. The van der Waals surface area contributed by atoms with Crippen molar-refractivity contribution in [3.8, 4) is 0 Å². The second kappa shape index (κ2) is 7.23. The molecule has 1 aliphatic heterocycles. The zero-order valence-corrected chi connectivity index (χ0v) is 15.7. The first-order valence-corrected chi connectivity index (χ1v) is 10.3. The van der Waals surface area contributed by atoms with E-state index < -0.39 is 0 Å². The van der Waals surface area contributed by atoms with Gasteiger partial charge < -0.3 is 4.74 Å². The summed E-state index contributed by atoms with van der Waals surface area (Å²) in [5.74, 6) is 1.68. The summed E-state index contributed by atoms with van der Waals surface area (Å²) in [6, 6.07) is 21.5. The molecule has 136 valence electrons. The number of hydrogen-bond acceptors (Lipinski definition) is 1. The van der Waals surface area contributed by atoms with Crippen LogP contribution in [0.25, 0.3) is 6.08 Å². The number of hydrogen-bond donors (Lipinski definition) is 0. The summed E-state index contributed by atoms with van der Waals surface area (Å²) < 4.78 is 6.80. The number of fused-ring (bicyclic) bond motifs is 2. The molecule has 0 aromatic heterocycles. The van der Waals surface area contributed by atoms with Gasteiger partial charge in [-0.05, 0) is 72.4 Å². The molecule has 3 aliphatic rings. The van der Waals surface area contributed by atoms with Crippen molar-refractivity contribution >= 4 is 6.08 Å². The Bertz CT molecular complexity index is 902. The molecule has 0 N–H and O–H groups in total. The van der Waals surface area contributed by atoms with Gasteiger partial charge in [0.15, 0.2) is 0 Å². The number of rotatable bonds is 2. The van der Waals surface area contributed by atoms with Crippen molar-refractivity contribution in [3.05, 3.63) is 100 Å². The predicted octanol–water partition coefficient (Wildman–Crippen LogP) is 7.01. The summed E-state index contributed by atoms with van der Waals surface area (Å²) in [7, 11) is 0. The maximum Gasteiger partial charge on any atom is 0.131 e. The van der Waals surface area contributed by atoms with Gasteiger partial charge in [-0.1, -0.05) is 66.7 Å². The molecule has 0 amide bonds. The molecule has 2 atom stereocenters. The van der Waals surface area contributed by atoms with Crippen LogP contribution in [-0.2, 0) is 4.74 Å². The highest BCUT2D eigenvalue weighted by molar-refractivity contribution is 5.61. The van der Waals surface area contributed by atoms with E-state index in [2.05, 4.69) is 72.8 Å². The molecule has 1 heteroatoms. The number of benzene rings is 2. The van der Waals surface area contributed by atoms with Gasteiger partial charge >= 0.3 is 0 Å². The second-order valence-corrected chi connectivity index (χ2v) is 7.89. The largest absolute Gasteiger partial charge is 0.485 e. The average molecular weight is 354 g/mol. The highest BCUT2D eigenvalue weighted by atomic mass is 16.5. The fraction of sp³-hybridized carbons (Fsp3) is 0.308. The van der Waals surface area contributed by atoms with Gasteiger partial charge in [0.25, 0.3) is 0 Å². The third-order valence-electron chi connectivity index (χ3n) is 6.15. The van der Waals surface area contributed by atoms with Crippen LogP contribution in [-0.4, -0.2) is 0 Å². The van der Waals surface area contributed by atoms with E-state index in [1.54, 1.807) is 5.57 Å². The highest BCUT2D eigenvalue weighted by Crippen LogP contribution is 2.51. The van der Waals surface area contributed by atoms with Crippen molar-refractivity contribution in [3.63, 3.8) is 0 Å². The Morgan fingerprint density at radius 2 is 1.63 bits per heavy atom. The summed E-state index contributed by atoms with van der Waals surface area (Å²) >= 11 is 0. The van der Waals surface area contributed by atoms with Gasteiger partial charge in [0.05, 0.1) is 0 Å². The lowest BCUT2D eigenvalue weighted by Gasteiger charge is -2.41. The molecule has 0 unspecified atom stereocenters. The number of allylic oxidation sites excluding steroid dienone is 3. The molecule has 5 rings (SSSR count). The van der Waals surface area contributed by atoms with E-state index in [0.717, 1.165) is 12.8 Å². The van der Waals surface area contributed by atoms with Crippen molar-refractivity contribution < 1.29 is 4.74 Å². The highest BCUT2D eigenvalue weighted by Gasteiger charge is 2.39. The molecule has 2 aliphatic carbocycles. The maximum atomic E-state index is 6.80. The standard InChI is InChI=1S/C26H26O/c1-3-10-19(11-4-1)18-21-14-9-17-24-22-15-7-8-16-23(22)25(27-26(21)24)20-12-5-2-6-13-20/h1-6,10-13,15,18,23,25H,7-9,14,16-17H2/b21-18+/t23-,25-/m0/s1. The van der Waals surface area contributed by atoms with E-state index in [9.17, 15) is 0 Å². The van der Waals surface area contributed by atoms with E-state index >= 15 is 0 Å². The zero-order valence-electron chi connectivity index (χ0n) is 15.7. The van der Waals surface area contributed by atoms with Crippen molar-refractivity contribution in [2.24, 2.45) is 5.92 Å². The zero-order chi connectivity index (χ0) is 18.1. The molecular weight excluding hydrogens is 328 g/mol. The van der Waals surface area contributed by atoms with Gasteiger partial charge in [-0.15, -0.1) is 0 Å². The van der Waals surface area contributed by atoms with E-state index in [1.807, 2.05) is 0 Å². The molecule has 2 aromatic rings. The van der Waals surface area contributed by atoms with Crippen LogP contribution in [0.5, 0.6) is 0 Å². The summed E-state index contributed by atoms with van der Waals surface area (Å²) in [6.07, 6.45) is 12.2. The van der Waals surface area contributed by atoms with Crippen molar-refractivity contribution in [2.45, 2.75) is 44.6 Å². The summed E-state index contributed by atoms with van der Waals surface area (Å²) in [4.78, 5) is 0. The lowest BCUT2D eigenvalue weighted by molar-refractivity contribution is 0.0581. The summed E-state index contributed by atoms with van der Waals surface area (Å²) in [6.45, 7) is 0. The topological polar surface area (TPSA) is 9.23 Å². The minimum Gasteiger partial charge on any atom is -0.485 e. The van der Waals surface area contributed by atoms with E-state index in [1.165, 1.54) is 53.7 Å². The van der Waals surface area contributed by atoms with Gasteiger partial charge in [-0.25, -0.2) is 0 Å². The molecule has 0 spiro atoms. The fourth-order valence-electron chi connectivity index (χ4n) is 4.90. The van der Waals surface area contributed by atoms with Gasteiger partial charge in [0.1, 0.15) is 11.9 Å². The van der Waals surface area contributed by atoms with Gasteiger partial charge in [-0.3, -0.25) is 0 Å². The van der Waals surface area contributed by atoms with Crippen LogP contribution in [0.4, 0.5) is 0 Å². The van der Waals surface area contributed by atoms with Crippen LogP contribution >= 0.6 is 0 Å². The Labute approximate surface area is 162 Å². The Kier molecular flexibility index (Phi) is 4.45. The Hall–Kier alpha value is -2.54. The van der Waals surface area contributed by atoms with Gasteiger partial charge in [-0.2, -0.15) is 0 Å². The first-order chi connectivity index (χ1) is 13.4. The first-order valence-electron chi connectivity index (χ1n) is 10.3. The fourth-order valence-corrected chi connectivity index (χ4v) is 4.90. The van der Waals surface area contributed by atoms with Crippen molar-refractivity contribution in [1.29, 1.82) is 0 Å². The van der Waals surface area contributed by atoms with Gasteiger partial charge in [0.2, 0.25) is 0 Å². The number of ether oxygens (including phenoxy) is 1. The molecule has 0 bridgehead atoms. The van der Waals surface area contributed by atoms with Gasteiger partial charge in [0, 0.05) is 5.92 Å². The van der Waals surface area contributed by atoms with Crippen LogP contribution in [0.1, 0.15) is 55.8 Å². The van der Waals surface area contributed by atoms with Crippen LogP contribution < -0.4 is 0 Å².